The van der Waals surface area contributed by atoms with Gasteiger partial charge in [0.2, 0.25) is 0 Å². The molecule has 0 aliphatic heterocycles. The van der Waals surface area contributed by atoms with Crippen molar-refractivity contribution in [1.29, 1.82) is 0 Å². The largest absolute Gasteiger partial charge is 0.497 e. The van der Waals surface area contributed by atoms with E-state index in [1.54, 1.807) is 18.2 Å². The molecule has 0 N–H and O–H groups in total. The predicted octanol–water partition coefficient (Wildman–Crippen LogP) is 4.37. The molecule has 3 aromatic carbocycles. The lowest BCUT2D eigenvalue weighted by molar-refractivity contribution is 0.404. The highest BCUT2D eigenvalue weighted by atomic mass is 32.3. The number of aromatic nitrogens is 1. The van der Waals surface area contributed by atoms with Crippen LogP contribution in [0.3, 0.4) is 0 Å². The molecule has 10 nitrogen and oxygen atoms in total. The summed E-state index contributed by atoms with van der Waals surface area (Å²) in [6, 6.07) is 18.5. The lowest BCUT2D eigenvalue weighted by Crippen LogP contribution is -2.37. The Kier molecular flexibility index (Phi) is 7.98. The molecule has 0 spiro atoms. The van der Waals surface area contributed by atoms with Crippen molar-refractivity contribution >= 4 is 25.7 Å². The fraction of sp³-hybridized carbons (Fsp3) is 0.148. The van der Waals surface area contributed by atoms with Crippen molar-refractivity contribution in [1.82, 2.24) is 4.98 Å². The first-order valence-corrected chi connectivity index (χ1v) is 14.3. The number of rotatable bonds is 10. The number of nitrogens with zero attached hydrogens (tertiary/aromatic N) is 2. The molecule has 0 saturated heterocycles. The van der Waals surface area contributed by atoms with E-state index in [0.717, 1.165) is 0 Å². The number of hydrogen-bond donors (Lipinski definition) is 0. The van der Waals surface area contributed by atoms with Crippen LogP contribution in [0.25, 0.3) is 11.3 Å². The molecule has 0 amide bonds. The smallest absolute Gasteiger partial charge is 0.277 e. The van der Waals surface area contributed by atoms with Crippen molar-refractivity contribution in [3.8, 4) is 34.3 Å². The third kappa shape index (κ3) is 5.33. The van der Waals surface area contributed by atoms with E-state index in [-0.39, 0.29) is 21.2 Å². The molecule has 0 aliphatic carbocycles. The Morgan fingerprint density at radius 3 is 1.56 bits per heavy atom. The topological polar surface area (TPSA) is 121 Å². The highest BCUT2D eigenvalue weighted by Gasteiger charge is 2.39. The highest BCUT2D eigenvalue weighted by molar-refractivity contribution is 8.10. The zero-order chi connectivity index (χ0) is 28.2. The molecule has 12 heteroatoms. The summed E-state index contributed by atoms with van der Waals surface area (Å²) < 4.78 is 78.0. The van der Waals surface area contributed by atoms with Crippen LogP contribution in [0, 0.1) is 0 Å². The second-order valence-electron chi connectivity index (χ2n) is 8.00. The monoisotopic (exact) mass is 570 g/mol. The van der Waals surface area contributed by atoms with Crippen LogP contribution in [0.4, 0.5) is 5.69 Å². The van der Waals surface area contributed by atoms with Gasteiger partial charge in [-0.25, -0.2) is 16.8 Å². The average Bonchev–Trinajstić information content (AvgIpc) is 2.97. The summed E-state index contributed by atoms with van der Waals surface area (Å²) in [6.07, 6.45) is 1.43. The minimum absolute atomic E-state index is 0.0439. The van der Waals surface area contributed by atoms with Crippen LogP contribution in [0.15, 0.2) is 94.9 Å². The Morgan fingerprint density at radius 2 is 1.10 bits per heavy atom. The molecule has 204 valence electrons. The summed E-state index contributed by atoms with van der Waals surface area (Å²) in [4.78, 5) is 3.84. The number of hydrogen-bond acceptors (Lipinski definition) is 9. The number of pyridine rings is 1. The quantitative estimate of drug-likeness (QED) is 0.274. The summed E-state index contributed by atoms with van der Waals surface area (Å²) in [7, 11) is -3.65. The van der Waals surface area contributed by atoms with Crippen LogP contribution in [0.5, 0.6) is 23.0 Å². The van der Waals surface area contributed by atoms with Crippen molar-refractivity contribution < 1.29 is 35.8 Å². The Morgan fingerprint density at radius 1 is 0.615 bits per heavy atom. The Balaban J connectivity index is 2.03. The van der Waals surface area contributed by atoms with Crippen LogP contribution in [0.2, 0.25) is 0 Å². The zero-order valence-corrected chi connectivity index (χ0v) is 23.2. The van der Waals surface area contributed by atoms with Gasteiger partial charge in [-0.2, -0.15) is 3.71 Å². The molecule has 4 rings (SSSR count). The van der Waals surface area contributed by atoms with Crippen LogP contribution in [-0.2, 0) is 20.0 Å². The molecule has 4 aromatic rings. The van der Waals surface area contributed by atoms with Crippen molar-refractivity contribution in [3.63, 3.8) is 0 Å². The molecule has 0 fully saturated rings. The SMILES string of the molecule is COc1ccc(S(=O)(=O)N(c2cccnc2-c2cc(OC)ccc2OC)S(=O)(=O)c2ccc(OC)cc2)cc1. The predicted molar refractivity (Wildman–Crippen MR) is 146 cm³/mol. The fourth-order valence-corrected chi connectivity index (χ4v) is 7.53. The maximum absolute atomic E-state index is 14.1. The van der Waals surface area contributed by atoms with E-state index < -0.39 is 20.0 Å². The van der Waals surface area contributed by atoms with E-state index >= 15 is 0 Å². The first-order valence-electron chi connectivity index (χ1n) is 11.4. The van der Waals surface area contributed by atoms with Crippen LogP contribution in [0.1, 0.15) is 0 Å². The number of sulfonamides is 2. The second kappa shape index (κ2) is 11.2. The van der Waals surface area contributed by atoms with Gasteiger partial charge in [0.15, 0.2) is 0 Å². The van der Waals surface area contributed by atoms with E-state index in [1.807, 2.05) is 0 Å². The second-order valence-corrected chi connectivity index (χ2v) is 11.8. The van der Waals surface area contributed by atoms with Gasteiger partial charge in [0.05, 0.1) is 49.6 Å². The van der Waals surface area contributed by atoms with Crippen molar-refractivity contribution in [3.05, 3.63) is 85.1 Å². The molecule has 0 radical (unpaired) electrons. The first-order chi connectivity index (χ1) is 18.7. The minimum atomic E-state index is -4.72. The Bertz CT molecular complexity index is 1590. The minimum Gasteiger partial charge on any atom is -0.497 e. The molecule has 0 saturated carbocycles. The highest BCUT2D eigenvalue weighted by Crippen LogP contribution is 2.41. The van der Waals surface area contributed by atoms with Gasteiger partial charge in [-0.3, -0.25) is 4.98 Å². The lowest BCUT2D eigenvalue weighted by Gasteiger charge is -2.26. The summed E-state index contributed by atoms with van der Waals surface area (Å²) in [5.74, 6) is 1.58. The molecule has 0 atom stereocenters. The average molecular weight is 571 g/mol. The van der Waals surface area contributed by atoms with Gasteiger partial charge >= 0.3 is 0 Å². The molecule has 1 heterocycles. The Labute approximate surface area is 227 Å². The third-order valence-corrected chi connectivity index (χ3v) is 9.98. The summed E-state index contributed by atoms with van der Waals surface area (Å²) in [5.41, 5.74) is 0.158. The van der Waals surface area contributed by atoms with Crippen molar-refractivity contribution in [2.75, 3.05) is 32.1 Å². The van der Waals surface area contributed by atoms with E-state index in [1.165, 1.54) is 95.3 Å². The molecule has 0 unspecified atom stereocenters. The van der Waals surface area contributed by atoms with Crippen molar-refractivity contribution in [2.24, 2.45) is 0 Å². The van der Waals surface area contributed by atoms with Gasteiger partial charge < -0.3 is 18.9 Å². The maximum atomic E-state index is 14.1. The molecule has 1 aromatic heterocycles. The van der Waals surface area contributed by atoms with Gasteiger partial charge in [0.25, 0.3) is 20.0 Å². The fourth-order valence-electron chi connectivity index (χ4n) is 3.83. The van der Waals surface area contributed by atoms with Crippen LogP contribution < -0.4 is 22.7 Å². The lowest BCUT2D eigenvalue weighted by atomic mass is 10.1. The van der Waals surface area contributed by atoms with E-state index in [4.69, 9.17) is 18.9 Å². The summed E-state index contributed by atoms with van der Waals surface area (Å²) >= 11 is 0. The van der Waals surface area contributed by atoms with Crippen LogP contribution in [-0.4, -0.2) is 50.3 Å². The first kappa shape index (κ1) is 27.7. The summed E-state index contributed by atoms with van der Waals surface area (Å²) in [6.45, 7) is 0. The van der Waals surface area contributed by atoms with Crippen molar-refractivity contribution in [2.45, 2.75) is 9.79 Å². The molecular formula is C27H26N2O8S2. The van der Waals surface area contributed by atoms with Gasteiger partial charge in [0.1, 0.15) is 23.0 Å². The standard InChI is InChI=1S/C27H26N2O8S2/c1-34-19-7-12-22(13-8-19)38(30,31)29(39(32,33)23-14-9-20(35-2)10-15-23)25-6-5-17-28-27(25)24-18-21(36-3)11-16-26(24)37-4/h5-18H,1-4H3. The number of methoxy groups -OCH3 is 4. The van der Waals surface area contributed by atoms with Gasteiger partial charge in [-0.05, 0) is 78.9 Å². The molecular weight excluding hydrogens is 544 g/mol. The van der Waals surface area contributed by atoms with E-state index in [9.17, 15) is 16.8 Å². The van der Waals surface area contributed by atoms with Gasteiger partial charge in [0, 0.05) is 11.8 Å². The normalized spacial score (nSPS) is 11.5. The number of benzene rings is 3. The Hall–Kier alpha value is -4.29. The van der Waals surface area contributed by atoms with Gasteiger partial charge in [-0.15, -0.1) is 0 Å². The molecule has 0 aliphatic rings. The molecule has 39 heavy (non-hydrogen) atoms. The zero-order valence-electron chi connectivity index (χ0n) is 21.6. The number of anilines is 1. The summed E-state index contributed by atoms with van der Waals surface area (Å²) in [5, 5.41) is 0. The number of ether oxygens (including phenoxy) is 4. The maximum Gasteiger partial charge on any atom is 0.277 e. The third-order valence-electron chi connectivity index (χ3n) is 5.80. The molecule has 0 bridgehead atoms. The van der Waals surface area contributed by atoms with E-state index in [2.05, 4.69) is 4.98 Å². The van der Waals surface area contributed by atoms with Crippen LogP contribution >= 0.6 is 0 Å². The van der Waals surface area contributed by atoms with Gasteiger partial charge in [-0.1, -0.05) is 0 Å². The van der Waals surface area contributed by atoms with E-state index in [0.29, 0.717) is 32.3 Å².